The minimum Gasteiger partial charge on any atom is -0.295 e. The van der Waals surface area contributed by atoms with Crippen LogP contribution in [0.15, 0.2) is 60.4 Å². The van der Waals surface area contributed by atoms with Crippen LogP contribution in [-0.4, -0.2) is 20.3 Å². The van der Waals surface area contributed by atoms with Gasteiger partial charge in [0.1, 0.15) is 11.9 Å². The maximum absolute atomic E-state index is 12.7. The van der Waals surface area contributed by atoms with Crippen molar-refractivity contribution in [3.8, 4) is 23.1 Å². The summed E-state index contributed by atoms with van der Waals surface area (Å²) in [6, 6.07) is 14.7. The Bertz CT molecular complexity index is 1290. The Balaban J connectivity index is 1.76. The number of fused-ring (bicyclic) bond motifs is 3. The van der Waals surface area contributed by atoms with E-state index in [1.165, 1.54) is 5.56 Å². The van der Waals surface area contributed by atoms with Crippen molar-refractivity contribution in [1.82, 2.24) is 14.5 Å². The molecule has 0 radical (unpaired) electrons. The quantitative estimate of drug-likeness (QED) is 0.540. The molecule has 2 heterocycles. The van der Waals surface area contributed by atoms with Crippen molar-refractivity contribution in [1.29, 1.82) is 5.26 Å². The molecule has 0 aliphatic heterocycles. The molecule has 166 valence electrons. The minimum atomic E-state index is -0.466. The first-order chi connectivity index (χ1) is 15.8. The molecule has 5 nitrogen and oxygen atoms in total. The molecule has 5 rings (SSSR count). The number of rotatable bonds is 3. The summed E-state index contributed by atoms with van der Waals surface area (Å²) in [5.41, 5.74) is 5.20. The van der Waals surface area contributed by atoms with Crippen molar-refractivity contribution < 1.29 is 4.79 Å². The van der Waals surface area contributed by atoms with Gasteiger partial charge in [-0.3, -0.25) is 14.3 Å². The summed E-state index contributed by atoms with van der Waals surface area (Å²) in [5.74, 6) is 1.23. The van der Waals surface area contributed by atoms with E-state index in [2.05, 4.69) is 66.7 Å². The predicted octanol–water partition coefficient (Wildman–Crippen LogP) is 5.55. The van der Waals surface area contributed by atoms with E-state index in [1.807, 2.05) is 25.3 Å². The third-order valence-electron chi connectivity index (χ3n) is 7.53. The molecule has 2 aliphatic carbocycles. The van der Waals surface area contributed by atoms with Gasteiger partial charge in [0.2, 0.25) is 0 Å². The second kappa shape index (κ2) is 7.81. The summed E-state index contributed by atoms with van der Waals surface area (Å²) in [7, 11) is 0. The largest absolute Gasteiger partial charge is 0.295 e. The average Bonchev–Trinajstić information content (AvgIpc) is 3.23. The molecule has 0 bridgehead atoms. The van der Waals surface area contributed by atoms with Crippen LogP contribution in [0.4, 0.5) is 0 Å². The van der Waals surface area contributed by atoms with Gasteiger partial charge in [0, 0.05) is 28.8 Å². The monoisotopic (exact) mass is 436 g/mol. The van der Waals surface area contributed by atoms with Crippen molar-refractivity contribution in [3.63, 3.8) is 0 Å². The summed E-state index contributed by atoms with van der Waals surface area (Å²) in [5, 5.41) is 9.65. The first-order valence-electron chi connectivity index (χ1n) is 11.6. The first-order valence-corrected chi connectivity index (χ1v) is 11.6. The molecule has 0 N–H and O–H groups in total. The number of carbonyl (C=O) groups is 1. The summed E-state index contributed by atoms with van der Waals surface area (Å²) in [6.45, 7) is 8.48. The van der Waals surface area contributed by atoms with Gasteiger partial charge >= 0.3 is 0 Å². The van der Waals surface area contributed by atoms with E-state index in [1.54, 1.807) is 6.20 Å². The summed E-state index contributed by atoms with van der Waals surface area (Å²) < 4.78 is 2.22. The van der Waals surface area contributed by atoms with E-state index in [0.29, 0.717) is 5.92 Å². The number of benzene rings is 1. The number of nitriles is 1. The maximum atomic E-state index is 12.7. The van der Waals surface area contributed by atoms with Crippen molar-refractivity contribution in [3.05, 3.63) is 77.4 Å². The lowest BCUT2D eigenvalue weighted by atomic mass is 9.58. The van der Waals surface area contributed by atoms with Crippen LogP contribution in [-0.2, 0) is 16.6 Å². The van der Waals surface area contributed by atoms with Crippen molar-refractivity contribution in [2.75, 3.05) is 0 Å². The highest BCUT2D eigenvalue weighted by Gasteiger charge is 2.50. The van der Waals surface area contributed by atoms with Crippen LogP contribution in [0.2, 0.25) is 0 Å². The topological polar surface area (TPSA) is 71.6 Å². The zero-order valence-corrected chi connectivity index (χ0v) is 19.5. The van der Waals surface area contributed by atoms with Crippen LogP contribution < -0.4 is 0 Å². The van der Waals surface area contributed by atoms with E-state index in [4.69, 9.17) is 4.98 Å². The van der Waals surface area contributed by atoms with E-state index < -0.39 is 5.41 Å². The normalized spacial score (nSPS) is 24.1. The number of hydrogen-bond acceptors (Lipinski definition) is 4. The Labute approximate surface area is 194 Å². The lowest BCUT2D eigenvalue weighted by molar-refractivity contribution is -0.121. The predicted molar refractivity (Wildman–Crippen MR) is 128 cm³/mol. The van der Waals surface area contributed by atoms with Gasteiger partial charge in [-0.05, 0) is 42.4 Å². The van der Waals surface area contributed by atoms with Gasteiger partial charge in [-0.25, -0.2) is 4.98 Å². The standard InChI is InChI=1S/C28H28N4O/c1-17(2)19-7-9-20(10-8-19)27-31-26-24(32(27)22-6-5-13-30-16-22)12-11-23-18(3)25(33)21(15-29)14-28(23,26)4/h5-10,13-14,16-18,23H,11-12H2,1-4H3/t18-,23-,28-/m1/s1. The van der Waals surface area contributed by atoms with Crippen molar-refractivity contribution >= 4 is 5.78 Å². The summed E-state index contributed by atoms with van der Waals surface area (Å²) in [6.07, 6.45) is 7.23. The molecule has 0 unspecified atom stereocenters. The molecular formula is C28H28N4O. The molecule has 1 aromatic carbocycles. The Kier molecular flexibility index (Phi) is 5.05. The van der Waals surface area contributed by atoms with Gasteiger partial charge in [-0.15, -0.1) is 0 Å². The van der Waals surface area contributed by atoms with Crippen LogP contribution in [0.1, 0.15) is 57.0 Å². The molecule has 2 aromatic heterocycles. The number of imidazole rings is 1. The highest BCUT2D eigenvalue weighted by molar-refractivity contribution is 6.02. The van der Waals surface area contributed by atoms with Gasteiger partial charge in [-0.2, -0.15) is 5.26 Å². The summed E-state index contributed by atoms with van der Waals surface area (Å²) in [4.78, 5) is 22.3. The Hall–Kier alpha value is -3.52. The van der Waals surface area contributed by atoms with Gasteiger partial charge < -0.3 is 0 Å². The highest BCUT2D eigenvalue weighted by Crippen LogP contribution is 2.50. The molecular weight excluding hydrogens is 408 g/mol. The fourth-order valence-corrected chi connectivity index (χ4v) is 5.69. The molecule has 0 saturated heterocycles. The van der Waals surface area contributed by atoms with Gasteiger partial charge in [0.15, 0.2) is 5.78 Å². The number of aromatic nitrogens is 3. The third-order valence-corrected chi connectivity index (χ3v) is 7.53. The molecule has 3 atom stereocenters. The molecule has 2 aliphatic rings. The lowest BCUT2D eigenvalue weighted by Crippen LogP contribution is -2.45. The van der Waals surface area contributed by atoms with Crippen molar-refractivity contribution in [2.24, 2.45) is 11.8 Å². The average molecular weight is 437 g/mol. The lowest BCUT2D eigenvalue weighted by Gasteiger charge is -2.44. The van der Waals surface area contributed by atoms with Crippen LogP contribution in [0, 0.1) is 23.2 Å². The van der Waals surface area contributed by atoms with E-state index in [0.717, 1.165) is 41.3 Å². The second-order valence-corrected chi connectivity index (χ2v) is 9.80. The number of carbonyl (C=O) groups excluding carboxylic acids is 1. The van der Waals surface area contributed by atoms with Crippen LogP contribution in [0.3, 0.4) is 0 Å². The Morgan fingerprint density at radius 3 is 2.61 bits per heavy atom. The number of ketones is 1. The van der Waals surface area contributed by atoms with Crippen molar-refractivity contribution in [2.45, 2.75) is 51.9 Å². The smallest absolute Gasteiger partial charge is 0.176 e. The van der Waals surface area contributed by atoms with Crippen LogP contribution >= 0.6 is 0 Å². The number of pyridine rings is 1. The van der Waals surface area contributed by atoms with Gasteiger partial charge in [0.05, 0.1) is 23.2 Å². The number of allylic oxidation sites excluding steroid dienone is 2. The molecule has 0 spiro atoms. The van der Waals surface area contributed by atoms with Gasteiger partial charge in [-0.1, -0.05) is 58.0 Å². The van der Waals surface area contributed by atoms with E-state index in [9.17, 15) is 10.1 Å². The van der Waals surface area contributed by atoms with Crippen LogP contribution in [0.25, 0.3) is 17.1 Å². The number of Topliss-reactive ketones (excluding diaryl/α,β-unsaturated/α-hetero) is 1. The number of hydrogen-bond donors (Lipinski definition) is 0. The zero-order chi connectivity index (χ0) is 23.3. The van der Waals surface area contributed by atoms with Crippen LogP contribution in [0.5, 0.6) is 0 Å². The number of nitrogens with zero attached hydrogens (tertiary/aromatic N) is 4. The molecule has 0 saturated carbocycles. The SMILES string of the molecule is CC(C)c1ccc(-c2nc3c(n2-c2cccnc2)CC[C@@H]2[C@@H](C)C(=O)C(C#N)=C[C@@]32C)cc1. The molecule has 0 fully saturated rings. The maximum Gasteiger partial charge on any atom is 0.176 e. The Morgan fingerprint density at radius 2 is 1.97 bits per heavy atom. The fraction of sp³-hybridized carbons (Fsp3) is 0.357. The first kappa shape index (κ1) is 21.3. The summed E-state index contributed by atoms with van der Waals surface area (Å²) >= 11 is 0. The van der Waals surface area contributed by atoms with Gasteiger partial charge in [0.25, 0.3) is 0 Å². The van der Waals surface area contributed by atoms with E-state index in [-0.39, 0.29) is 23.2 Å². The highest BCUT2D eigenvalue weighted by atomic mass is 16.1. The fourth-order valence-electron chi connectivity index (χ4n) is 5.69. The second-order valence-electron chi connectivity index (χ2n) is 9.80. The Morgan fingerprint density at radius 1 is 1.21 bits per heavy atom. The minimum absolute atomic E-state index is 0.0420. The molecule has 3 aromatic rings. The van der Waals surface area contributed by atoms with E-state index >= 15 is 0 Å². The molecule has 5 heteroatoms. The zero-order valence-electron chi connectivity index (χ0n) is 19.5. The third kappa shape index (κ3) is 3.24. The molecule has 33 heavy (non-hydrogen) atoms. The molecule has 0 amide bonds.